The average molecular weight is 244 g/mol. The Morgan fingerprint density at radius 2 is 2.12 bits per heavy atom. The number of carbonyl (C=O) groups excluding carboxylic acids is 1. The van der Waals surface area contributed by atoms with Crippen molar-refractivity contribution >= 4 is 12.1 Å². The molecule has 17 heavy (non-hydrogen) atoms. The fraction of sp³-hybridized carbons (Fsp3) is 0.818. The van der Waals surface area contributed by atoms with E-state index in [2.05, 4.69) is 10.6 Å². The summed E-state index contributed by atoms with van der Waals surface area (Å²) in [6.45, 7) is 6.43. The summed E-state index contributed by atoms with van der Waals surface area (Å²) >= 11 is 0. The lowest BCUT2D eigenvalue weighted by Gasteiger charge is -2.20. The number of carbonyl (C=O) groups is 2. The second-order valence-electron chi connectivity index (χ2n) is 5.28. The Morgan fingerprint density at radius 1 is 1.47 bits per heavy atom. The highest BCUT2D eigenvalue weighted by Gasteiger charge is 2.29. The van der Waals surface area contributed by atoms with Gasteiger partial charge in [-0.25, -0.2) is 4.79 Å². The van der Waals surface area contributed by atoms with Crippen LogP contribution in [0.3, 0.4) is 0 Å². The van der Waals surface area contributed by atoms with Crippen LogP contribution in [0.2, 0.25) is 0 Å². The third kappa shape index (κ3) is 5.04. The number of rotatable bonds is 3. The second kappa shape index (κ2) is 5.35. The fourth-order valence-electron chi connectivity index (χ4n) is 1.69. The van der Waals surface area contributed by atoms with Gasteiger partial charge >= 0.3 is 12.1 Å². The van der Waals surface area contributed by atoms with E-state index in [1.54, 1.807) is 20.8 Å². The maximum atomic E-state index is 11.4. The molecule has 0 radical (unpaired) electrons. The van der Waals surface area contributed by atoms with E-state index in [1.165, 1.54) is 0 Å². The fourth-order valence-corrected chi connectivity index (χ4v) is 1.69. The monoisotopic (exact) mass is 244 g/mol. The molecule has 0 saturated carbocycles. The van der Waals surface area contributed by atoms with Crippen LogP contribution in [0.1, 0.15) is 27.2 Å². The van der Waals surface area contributed by atoms with Gasteiger partial charge < -0.3 is 20.5 Å². The molecular weight excluding hydrogens is 224 g/mol. The normalized spacial score (nSPS) is 24.4. The van der Waals surface area contributed by atoms with Gasteiger partial charge in [0.15, 0.2) is 0 Å². The molecule has 0 aromatic carbocycles. The molecule has 0 aromatic heterocycles. The van der Waals surface area contributed by atoms with Crippen molar-refractivity contribution in [1.82, 2.24) is 10.6 Å². The molecule has 1 saturated heterocycles. The molecule has 0 spiro atoms. The number of carboxylic acids is 1. The van der Waals surface area contributed by atoms with Gasteiger partial charge in [0.25, 0.3) is 0 Å². The van der Waals surface area contributed by atoms with E-state index in [-0.39, 0.29) is 5.92 Å². The second-order valence-corrected chi connectivity index (χ2v) is 5.28. The lowest BCUT2D eigenvalue weighted by Crippen LogP contribution is -2.35. The van der Waals surface area contributed by atoms with Crippen molar-refractivity contribution in [1.29, 1.82) is 0 Å². The van der Waals surface area contributed by atoms with E-state index >= 15 is 0 Å². The minimum absolute atomic E-state index is 0.142. The smallest absolute Gasteiger partial charge is 0.407 e. The molecule has 2 atom stereocenters. The van der Waals surface area contributed by atoms with E-state index in [1.807, 2.05) is 0 Å². The maximum absolute atomic E-state index is 11.4. The lowest BCUT2D eigenvalue weighted by molar-refractivity contribution is -0.139. The average Bonchev–Trinajstić information content (AvgIpc) is 2.60. The summed E-state index contributed by atoms with van der Waals surface area (Å²) in [4.78, 5) is 22.1. The highest BCUT2D eigenvalue weighted by atomic mass is 16.6. The topological polar surface area (TPSA) is 87.7 Å². The molecule has 98 valence electrons. The maximum Gasteiger partial charge on any atom is 0.407 e. The molecule has 1 aliphatic rings. The van der Waals surface area contributed by atoms with Gasteiger partial charge in [-0.1, -0.05) is 0 Å². The zero-order valence-corrected chi connectivity index (χ0v) is 10.4. The van der Waals surface area contributed by atoms with E-state index in [9.17, 15) is 9.59 Å². The molecule has 1 fully saturated rings. The first-order valence-electron chi connectivity index (χ1n) is 5.71. The number of aliphatic carboxylic acids is 1. The third-order valence-electron chi connectivity index (χ3n) is 2.45. The summed E-state index contributed by atoms with van der Waals surface area (Å²) in [6, 6.07) is -0.500. The van der Waals surface area contributed by atoms with Crippen LogP contribution in [0.4, 0.5) is 4.79 Å². The number of hydrogen-bond acceptors (Lipinski definition) is 4. The predicted molar refractivity (Wildman–Crippen MR) is 61.8 cm³/mol. The quantitative estimate of drug-likeness (QED) is 0.675. The number of ether oxygens (including phenoxy) is 1. The summed E-state index contributed by atoms with van der Waals surface area (Å²) in [5.74, 6) is -0.701. The predicted octanol–water partition coefficient (Wildman–Crippen LogP) is 0.574. The Labute approximate surface area is 101 Å². The summed E-state index contributed by atoms with van der Waals surface area (Å²) < 4.78 is 5.09. The summed E-state index contributed by atoms with van der Waals surface area (Å²) in [7, 11) is 0. The van der Waals surface area contributed by atoms with Crippen molar-refractivity contribution in [3.63, 3.8) is 0 Å². The number of amides is 1. The van der Waals surface area contributed by atoms with Gasteiger partial charge in [-0.05, 0) is 33.1 Å². The van der Waals surface area contributed by atoms with Crippen molar-refractivity contribution in [2.75, 3.05) is 13.1 Å². The first kappa shape index (κ1) is 13.8. The van der Waals surface area contributed by atoms with Gasteiger partial charge in [0, 0.05) is 13.1 Å². The summed E-state index contributed by atoms with van der Waals surface area (Å²) in [6.07, 6.45) is 0.0711. The minimum atomic E-state index is -0.843. The Balaban J connectivity index is 2.24. The minimum Gasteiger partial charge on any atom is -0.480 e. The van der Waals surface area contributed by atoms with Crippen LogP contribution >= 0.6 is 0 Å². The number of alkyl carbamates (subject to hydrolysis) is 1. The van der Waals surface area contributed by atoms with E-state index in [4.69, 9.17) is 9.84 Å². The Kier molecular flexibility index (Phi) is 4.34. The van der Waals surface area contributed by atoms with Crippen LogP contribution in [0.5, 0.6) is 0 Å². The molecular formula is C11H20N2O4. The number of nitrogens with one attached hydrogen (secondary N) is 2. The van der Waals surface area contributed by atoms with Crippen molar-refractivity contribution in [2.45, 2.75) is 38.8 Å². The van der Waals surface area contributed by atoms with Crippen molar-refractivity contribution < 1.29 is 19.4 Å². The lowest BCUT2D eigenvalue weighted by atomic mass is 10.1. The SMILES string of the molecule is CC(C)(C)OC(=O)NC[C@@H]1CN[C@@H](C(=O)O)C1. The Morgan fingerprint density at radius 3 is 2.59 bits per heavy atom. The first-order chi connectivity index (χ1) is 7.78. The summed E-state index contributed by atoms with van der Waals surface area (Å²) in [5, 5.41) is 14.3. The van der Waals surface area contributed by atoms with E-state index < -0.39 is 23.7 Å². The van der Waals surface area contributed by atoms with Gasteiger partial charge in [0.05, 0.1) is 0 Å². The Bertz CT molecular complexity index is 298. The van der Waals surface area contributed by atoms with Crippen molar-refractivity contribution in [2.24, 2.45) is 5.92 Å². The van der Waals surface area contributed by atoms with Gasteiger partial charge in [-0.3, -0.25) is 4.79 Å². The van der Waals surface area contributed by atoms with Crippen LogP contribution in [0.15, 0.2) is 0 Å². The highest BCUT2D eigenvalue weighted by Crippen LogP contribution is 2.13. The molecule has 1 aliphatic heterocycles. The molecule has 0 aliphatic carbocycles. The third-order valence-corrected chi connectivity index (χ3v) is 2.45. The molecule has 0 unspecified atom stereocenters. The van der Waals surface area contributed by atoms with Crippen LogP contribution < -0.4 is 10.6 Å². The molecule has 0 bridgehead atoms. The molecule has 1 heterocycles. The van der Waals surface area contributed by atoms with Gasteiger partial charge in [-0.2, -0.15) is 0 Å². The summed E-state index contributed by atoms with van der Waals surface area (Å²) in [5.41, 5.74) is -0.512. The largest absolute Gasteiger partial charge is 0.480 e. The number of hydrogen-bond donors (Lipinski definition) is 3. The number of carboxylic acid groups (broad SMARTS) is 1. The molecule has 1 rings (SSSR count). The zero-order chi connectivity index (χ0) is 13.1. The van der Waals surface area contributed by atoms with Crippen LogP contribution in [-0.2, 0) is 9.53 Å². The molecule has 6 heteroatoms. The molecule has 1 amide bonds. The van der Waals surface area contributed by atoms with Gasteiger partial charge in [0.1, 0.15) is 11.6 Å². The highest BCUT2D eigenvalue weighted by molar-refractivity contribution is 5.74. The van der Waals surface area contributed by atoms with Crippen molar-refractivity contribution in [3.05, 3.63) is 0 Å². The van der Waals surface area contributed by atoms with Crippen LogP contribution in [-0.4, -0.2) is 41.9 Å². The van der Waals surface area contributed by atoms with E-state index in [0.29, 0.717) is 19.5 Å². The van der Waals surface area contributed by atoms with Gasteiger partial charge in [0.2, 0.25) is 0 Å². The van der Waals surface area contributed by atoms with E-state index in [0.717, 1.165) is 0 Å². The standard InChI is InChI=1S/C11H20N2O4/c1-11(2,3)17-10(16)13-6-7-4-8(9(14)15)12-5-7/h7-8,12H,4-6H2,1-3H3,(H,13,16)(H,14,15)/t7-,8+/m0/s1. The molecule has 6 nitrogen and oxygen atoms in total. The van der Waals surface area contributed by atoms with Crippen molar-refractivity contribution in [3.8, 4) is 0 Å². The molecule has 3 N–H and O–H groups in total. The van der Waals surface area contributed by atoms with Crippen LogP contribution in [0.25, 0.3) is 0 Å². The molecule has 0 aromatic rings. The van der Waals surface area contributed by atoms with Gasteiger partial charge in [-0.15, -0.1) is 0 Å². The Hall–Kier alpha value is -1.30. The zero-order valence-electron chi connectivity index (χ0n) is 10.4. The first-order valence-corrected chi connectivity index (χ1v) is 5.71. The van der Waals surface area contributed by atoms with Crippen LogP contribution in [0, 0.1) is 5.92 Å².